The summed E-state index contributed by atoms with van der Waals surface area (Å²) >= 11 is 0. The molecule has 3 saturated heterocycles. The van der Waals surface area contributed by atoms with E-state index in [9.17, 15) is 5.11 Å². The second-order valence-electron chi connectivity index (χ2n) is 10.7. The van der Waals surface area contributed by atoms with Crippen LogP contribution in [0.25, 0.3) is 0 Å². The first-order chi connectivity index (χ1) is 14.7. The van der Waals surface area contributed by atoms with Crippen LogP contribution in [-0.2, 0) is 21.5 Å². The van der Waals surface area contributed by atoms with Crippen molar-refractivity contribution in [3.05, 3.63) is 65.7 Å². The normalized spacial score (nSPS) is 31.8. The van der Waals surface area contributed by atoms with Gasteiger partial charge in [-0.15, -0.1) is 0 Å². The molecular weight excluding hydrogens is 385 g/mol. The van der Waals surface area contributed by atoms with Gasteiger partial charge in [0.15, 0.2) is 0 Å². The third-order valence-electron chi connectivity index (χ3n) is 8.10. The molecule has 2 aromatic rings. The topological polar surface area (TPSA) is 41.9 Å². The molecule has 0 amide bonds. The zero-order chi connectivity index (χ0) is 21.9. The Morgan fingerprint density at radius 3 is 1.97 bits per heavy atom. The van der Waals surface area contributed by atoms with E-state index in [1.807, 2.05) is 0 Å². The molecule has 3 aliphatic heterocycles. The molecule has 3 aliphatic rings. The summed E-state index contributed by atoms with van der Waals surface area (Å²) in [5, 5.41) is 11.6. The Bertz CT molecular complexity index is 897. The summed E-state index contributed by atoms with van der Waals surface area (Å²) in [6, 6.07) is 19.8. The third kappa shape index (κ3) is 3.76. The van der Waals surface area contributed by atoms with Gasteiger partial charge in [-0.2, -0.15) is 0 Å². The minimum atomic E-state index is -0.756. The SMILES string of the molecule is CC1(C)OB(c2ccc(C3(O)CC4CCC(C3)N4Cc3ccccc3)cc2)OC1(C)C. The van der Waals surface area contributed by atoms with Gasteiger partial charge >= 0.3 is 7.12 Å². The zero-order valence-corrected chi connectivity index (χ0v) is 19.2. The second kappa shape index (κ2) is 7.45. The molecule has 3 fully saturated rings. The van der Waals surface area contributed by atoms with Gasteiger partial charge in [0.25, 0.3) is 0 Å². The van der Waals surface area contributed by atoms with Crippen molar-refractivity contribution in [2.45, 2.75) is 88.8 Å². The van der Waals surface area contributed by atoms with Gasteiger partial charge in [-0.05, 0) is 70.0 Å². The van der Waals surface area contributed by atoms with Crippen LogP contribution in [0.15, 0.2) is 54.6 Å². The minimum Gasteiger partial charge on any atom is -0.399 e. The molecule has 3 heterocycles. The molecule has 0 spiro atoms. The highest BCUT2D eigenvalue weighted by Crippen LogP contribution is 2.46. The average molecular weight is 419 g/mol. The number of piperidine rings is 1. The number of hydrogen-bond acceptors (Lipinski definition) is 4. The van der Waals surface area contributed by atoms with Gasteiger partial charge in [0.05, 0.1) is 16.8 Å². The number of aliphatic hydroxyl groups is 1. The molecule has 0 saturated carbocycles. The Morgan fingerprint density at radius 2 is 1.42 bits per heavy atom. The first kappa shape index (κ1) is 21.2. The Balaban J connectivity index is 1.30. The molecule has 0 radical (unpaired) electrons. The van der Waals surface area contributed by atoms with Crippen LogP contribution in [0.2, 0.25) is 0 Å². The second-order valence-corrected chi connectivity index (χ2v) is 10.7. The van der Waals surface area contributed by atoms with Gasteiger partial charge in [0.2, 0.25) is 0 Å². The monoisotopic (exact) mass is 419 g/mol. The van der Waals surface area contributed by atoms with Crippen molar-refractivity contribution in [1.29, 1.82) is 0 Å². The zero-order valence-electron chi connectivity index (χ0n) is 19.2. The standard InChI is InChI=1S/C26H34BNO3/c1-24(2)25(3,4)31-27(30-24)21-12-10-20(11-13-21)26(29)16-22-14-15-23(17-26)28(22)18-19-8-6-5-7-9-19/h5-13,22-23,29H,14-18H2,1-4H3. The molecule has 2 unspecified atom stereocenters. The molecule has 164 valence electrons. The van der Waals surface area contributed by atoms with Crippen LogP contribution in [0.1, 0.15) is 64.5 Å². The Labute approximate surface area is 186 Å². The fourth-order valence-corrected chi connectivity index (χ4v) is 5.53. The lowest BCUT2D eigenvalue weighted by Crippen LogP contribution is -2.49. The van der Waals surface area contributed by atoms with Crippen molar-refractivity contribution in [1.82, 2.24) is 4.90 Å². The lowest BCUT2D eigenvalue weighted by atomic mass is 9.75. The number of benzene rings is 2. The lowest BCUT2D eigenvalue weighted by molar-refractivity contribution is -0.0595. The fourth-order valence-electron chi connectivity index (χ4n) is 5.53. The van der Waals surface area contributed by atoms with Gasteiger partial charge in [-0.1, -0.05) is 54.6 Å². The Kier molecular flexibility index (Phi) is 5.09. The van der Waals surface area contributed by atoms with Crippen molar-refractivity contribution >= 4 is 12.6 Å². The van der Waals surface area contributed by atoms with Crippen LogP contribution in [0.5, 0.6) is 0 Å². The highest BCUT2D eigenvalue weighted by Gasteiger charge is 2.52. The summed E-state index contributed by atoms with van der Waals surface area (Å²) in [4.78, 5) is 2.61. The maximum Gasteiger partial charge on any atom is 0.494 e. The van der Waals surface area contributed by atoms with E-state index in [4.69, 9.17) is 9.31 Å². The van der Waals surface area contributed by atoms with E-state index < -0.39 is 5.60 Å². The van der Waals surface area contributed by atoms with Gasteiger partial charge < -0.3 is 14.4 Å². The minimum absolute atomic E-state index is 0.348. The molecule has 2 aromatic carbocycles. The predicted octanol–water partition coefficient (Wildman–Crippen LogP) is 4.00. The third-order valence-corrected chi connectivity index (χ3v) is 8.10. The summed E-state index contributed by atoms with van der Waals surface area (Å²) < 4.78 is 12.4. The summed E-state index contributed by atoms with van der Waals surface area (Å²) in [7, 11) is -0.363. The number of nitrogens with zero attached hydrogens (tertiary/aromatic N) is 1. The molecule has 1 N–H and O–H groups in total. The van der Waals surface area contributed by atoms with Crippen molar-refractivity contribution in [3.8, 4) is 0 Å². The maximum absolute atomic E-state index is 11.6. The quantitative estimate of drug-likeness (QED) is 0.761. The van der Waals surface area contributed by atoms with Crippen LogP contribution in [0, 0.1) is 0 Å². The van der Waals surface area contributed by atoms with Crippen LogP contribution in [0.4, 0.5) is 0 Å². The van der Waals surface area contributed by atoms with E-state index in [0.717, 1.165) is 30.4 Å². The molecule has 0 aromatic heterocycles. The molecule has 0 aliphatic carbocycles. The highest BCUT2D eigenvalue weighted by molar-refractivity contribution is 6.62. The molecular formula is C26H34BNO3. The predicted molar refractivity (Wildman–Crippen MR) is 124 cm³/mol. The molecule has 31 heavy (non-hydrogen) atoms. The first-order valence-electron chi connectivity index (χ1n) is 11.7. The van der Waals surface area contributed by atoms with Crippen LogP contribution in [-0.4, -0.2) is 40.4 Å². The number of hydrogen-bond donors (Lipinski definition) is 1. The summed E-state index contributed by atoms with van der Waals surface area (Å²) in [6.07, 6.45) is 3.94. The van der Waals surface area contributed by atoms with Crippen molar-refractivity contribution in [2.75, 3.05) is 0 Å². The van der Waals surface area contributed by atoms with Gasteiger partial charge in [0, 0.05) is 18.6 Å². The van der Waals surface area contributed by atoms with E-state index in [2.05, 4.69) is 87.2 Å². The van der Waals surface area contributed by atoms with Crippen molar-refractivity contribution in [2.24, 2.45) is 0 Å². The smallest absolute Gasteiger partial charge is 0.399 e. The largest absolute Gasteiger partial charge is 0.494 e. The van der Waals surface area contributed by atoms with E-state index in [0.29, 0.717) is 12.1 Å². The Hall–Kier alpha value is -1.66. The molecule has 2 bridgehead atoms. The fraction of sp³-hybridized carbons (Fsp3) is 0.538. The van der Waals surface area contributed by atoms with E-state index in [1.54, 1.807) is 0 Å². The maximum atomic E-state index is 11.6. The van der Waals surface area contributed by atoms with Crippen molar-refractivity contribution in [3.63, 3.8) is 0 Å². The molecule has 4 nitrogen and oxygen atoms in total. The first-order valence-corrected chi connectivity index (χ1v) is 11.7. The lowest BCUT2D eigenvalue weighted by Gasteiger charge is -2.44. The highest BCUT2D eigenvalue weighted by atomic mass is 16.7. The van der Waals surface area contributed by atoms with Crippen molar-refractivity contribution < 1.29 is 14.4 Å². The van der Waals surface area contributed by atoms with Gasteiger partial charge in [0.1, 0.15) is 0 Å². The molecule has 2 atom stereocenters. The average Bonchev–Trinajstić information content (AvgIpc) is 3.10. The number of fused-ring (bicyclic) bond motifs is 2. The molecule has 5 heteroatoms. The number of rotatable bonds is 4. The molecule has 5 rings (SSSR count). The van der Waals surface area contributed by atoms with Gasteiger partial charge in [-0.25, -0.2) is 0 Å². The van der Waals surface area contributed by atoms with E-state index in [-0.39, 0.29) is 18.3 Å². The van der Waals surface area contributed by atoms with Crippen LogP contribution < -0.4 is 5.46 Å². The van der Waals surface area contributed by atoms with Crippen LogP contribution >= 0.6 is 0 Å². The van der Waals surface area contributed by atoms with E-state index >= 15 is 0 Å². The van der Waals surface area contributed by atoms with E-state index in [1.165, 1.54) is 18.4 Å². The summed E-state index contributed by atoms with van der Waals surface area (Å²) in [5.41, 5.74) is 1.93. The van der Waals surface area contributed by atoms with Gasteiger partial charge in [-0.3, -0.25) is 4.90 Å². The summed E-state index contributed by atoms with van der Waals surface area (Å²) in [6.45, 7) is 9.27. The van der Waals surface area contributed by atoms with Crippen LogP contribution in [0.3, 0.4) is 0 Å². The Morgan fingerprint density at radius 1 is 0.871 bits per heavy atom. The summed E-state index contributed by atoms with van der Waals surface area (Å²) in [5.74, 6) is 0.